The van der Waals surface area contributed by atoms with Crippen LogP contribution in [0.1, 0.15) is 19.3 Å². The highest BCUT2D eigenvalue weighted by atomic mass is 32.2. The fourth-order valence-corrected chi connectivity index (χ4v) is 3.79. The number of rotatable bonds is 6. The second kappa shape index (κ2) is 7.02. The standard InChI is InChI=1S/C14H21N3O3S/c15-14(18)8-10-17-9-4-5-12(11-17)16-21(19,20)13-6-2-1-3-7-13/h1-3,6-7,12,16H,4-5,8-11H2,(H2,15,18)/t12-/m0/s1. The van der Waals surface area contributed by atoms with Crippen LogP contribution < -0.4 is 10.5 Å². The van der Waals surface area contributed by atoms with Crippen LogP contribution in [-0.2, 0) is 14.8 Å². The molecule has 0 unspecified atom stereocenters. The van der Waals surface area contributed by atoms with Crippen molar-refractivity contribution in [3.05, 3.63) is 30.3 Å². The van der Waals surface area contributed by atoms with Gasteiger partial charge in [0.1, 0.15) is 0 Å². The first kappa shape index (κ1) is 15.9. The molecule has 1 heterocycles. The molecule has 3 N–H and O–H groups in total. The van der Waals surface area contributed by atoms with Crippen molar-refractivity contribution in [2.45, 2.75) is 30.2 Å². The summed E-state index contributed by atoms with van der Waals surface area (Å²) in [6.07, 6.45) is 2.01. The lowest BCUT2D eigenvalue weighted by molar-refractivity contribution is -0.118. The molecule has 1 amide bonds. The molecule has 1 atom stereocenters. The normalized spacial score (nSPS) is 20.3. The minimum Gasteiger partial charge on any atom is -0.370 e. The van der Waals surface area contributed by atoms with Crippen molar-refractivity contribution < 1.29 is 13.2 Å². The molecule has 116 valence electrons. The highest BCUT2D eigenvalue weighted by Gasteiger charge is 2.25. The zero-order valence-corrected chi connectivity index (χ0v) is 12.7. The third-order valence-electron chi connectivity index (χ3n) is 3.56. The Balaban J connectivity index is 1.94. The highest BCUT2D eigenvalue weighted by Crippen LogP contribution is 2.14. The SMILES string of the molecule is NC(=O)CCN1CCC[C@H](NS(=O)(=O)c2ccccc2)C1. The summed E-state index contributed by atoms with van der Waals surface area (Å²) in [7, 11) is -3.48. The maximum absolute atomic E-state index is 12.3. The van der Waals surface area contributed by atoms with Crippen molar-refractivity contribution in [1.82, 2.24) is 9.62 Å². The van der Waals surface area contributed by atoms with Gasteiger partial charge in [0.2, 0.25) is 15.9 Å². The molecule has 1 aliphatic rings. The molecule has 0 aliphatic carbocycles. The van der Waals surface area contributed by atoms with Crippen molar-refractivity contribution in [2.24, 2.45) is 5.73 Å². The van der Waals surface area contributed by atoms with E-state index < -0.39 is 10.0 Å². The number of amides is 1. The Kier molecular flexibility index (Phi) is 5.33. The molecule has 1 aromatic rings. The van der Waals surface area contributed by atoms with Crippen molar-refractivity contribution in [3.8, 4) is 0 Å². The maximum atomic E-state index is 12.3. The van der Waals surface area contributed by atoms with Gasteiger partial charge in [0.15, 0.2) is 0 Å². The maximum Gasteiger partial charge on any atom is 0.240 e. The molecule has 0 saturated carbocycles. The summed E-state index contributed by atoms with van der Waals surface area (Å²) in [5, 5.41) is 0. The summed E-state index contributed by atoms with van der Waals surface area (Å²) in [4.78, 5) is 13.2. The molecule has 6 nitrogen and oxygen atoms in total. The lowest BCUT2D eigenvalue weighted by Gasteiger charge is -2.32. The van der Waals surface area contributed by atoms with Gasteiger partial charge >= 0.3 is 0 Å². The van der Waals surface area contributed by atoms with Crippen LogP contribution in [0.25, 0.3) is 0 Å². The Hall–Kier alpha value is -1.44. The van der Waals surface area contributed by atoms with Crippen LogP contribution in [0.2, 0.25) is 0 Å². The Morgan fingerprint density at radius 3 is 2.71 bits per heavy atom. The summed E-state index contributed by atoms with van der Waals surface area (Å²) in [5.74, 6) is -0.331. The third-order valence-corrected chi connectivity index (χ3v) is 5.09. The molecule has 0 spiro atoms. The quantitative estimate of drug-likeness (QED) is 0.790. The van der Waals surface area contributed by atoms with Crippen LogP contribution >= 0.6 is 0 Å². The van der Waals surface area contributed by atoms with Crippen molar-refractivity contribution in [3.63, 3.8) is 0 Å². The van der Waals surface area contributed by atoms with E-state index in [1.165, 1.54) is 0 Å². The molecule has 0 aromatic heterocycles. The molecule has 0 radical (unpaired) electrons. The van der Waals surface area contributed by atoms with Gasteiger partial charge in [0, 0.05) is 25.6 Å². The number of primary amides is 1. The molecule has 1 aliphatic heterocycles. The highest BCUT2D eigenvalue weighted by molar-refractivity contribution is 7.89. The number of hydrogen-bond donors (Lipinski definition) is 2. The molecular formula is C14H21N3O3S. The third kappa shape index (κ3) is 4.80. The summed E-state index contributed by atoms with van der Waals surface area (Å²) < 4.78 is 27.3. The van der Waals surface area contributed by atoms with Crippen LogP contribution in [-0.4, -0.2) is 44.9 Å². The molecule has 7 heteroatoms. The monoisotopic (exact) mass is 311 g/mol. The molecule has 1 aromatic carbocycles. The Morgan fingerprint density at radius 2 is 2.05 bits per heavy atom. The molecule has 21 heavy (non-hydrogen) atoms. The molecule has 2 rings (SSSR count). The zero-order chi connectivity index (χ0) is 15.3. The van der Waals surface area contributed by atoms with E-state index >= 15 is 0 Å². The van der Waals surface area contributed by atoms with Crippen molar-refractivity contribution in [1.29, 1.82) is 0 Å². The molecular weight excluding hydrogens is 290 g/mol. The first-order valence-electron chi connectivity index (χ1n) is 7.05. The Bertz CT molecular complexity index is 574. The van der Waals surface area contributed by atoms with Crippen LogP contribution in [0.4, 0.5) is 0 Å². The van der Waals surface area contributed by atoms with E-state index in [9.17, 15) is 13.2 Å². The van der Waals surface area contributed by atoms with Gasteiger partial charge in [-0.3, -0.25) is 4.79 Å². The predicted octanol–water partition coefficient (Wildman–Crippen LogP) is 0.305. The van der Waals surface area contributed by atoms with Gasteiger partial charge in [-0.05, 0) is 31.5 Å². The van der Waals surface area contributed by atoms with Gasteiger partial charge in [-0.25, -0.2) is 13.1 Å². The van der Waals surface area contributed by atoms with Gasteiger partial charge < -0.3 is 10.6 Å². The van der Waals surface area contributed by atoms with Gasteiger partial charge in [-0.2, -0.15) is 0 Å². The van der Waals surface area contributed by atoms with Crippen LogP contribution in [0.3, 0.4) is 0 Å². The van der Waals surface area contributed by atoms with Crippen LogP contribution in [0, 0.1) is 0 Å². The van der Waals surface area contributed by atoms with Gasteiger partial charge in [0.05, 0.1) is 4.90 Å². The topological polar surface area (TPSA) is 92.5 Å². The number of sulfonamides is 1. The molecule has 1 saturated heterocycles. The number of nitrogens with zero attached hydrogens (tertiary/aromatic N) is 1. The van der Waals surface area contributed by atoms with E-state index in [1.54, 1.807) is 30.3 Å². The van der Waals surface area contributed by atoms with E-state index in [-0.39, 0.29) is 16.8 Å². The Morgan fingerprint density at radius 1 is 1.33 bits per heavy atom. The second-order valence-corrected chi connectivity index (χ2v) is 7.00. The number of piperidine rings is 1. The minimum absolute atomic E-state index is 0.128. The first-order valence-corrected chi connectivity index (χ1v) is 8.54. The number of hydrogen-bond acceptors (Lipinski definition) is 4. The zero-order valence-electron chi connectivity index (χ0n) is 11.9. The van der Waals surface area contributed by atoms with Crippen LogP contribution in [0.5, 0.6) is 0 Å². The van der Waals surface area contributed by atoms with Gasteiger partial charge in [0.25, 0.3) is 0 Å². The van der Waals surface area contributed by atoms with Crippen LogP contribution in [0.15, 0.2) is 35.2 Å². The van der Waals surface area contributed by atoms with E-state index in [4.69, 9.17) is 5.73 Å². The van der Waals surface area contributed by atoms with Gasteiger partial charge in [-0.1, -0.05) is 18.2 Å². The number of nitrogens with two attached hydrogens (primary N) is 1. The lowest BCUT2D eigenvalue weighted by atomic mass is 10.1. The lowest BCUT2D eigenvalue weighted by Crippen LogP contribution is -2.48. The first-order chi connectivity index (χ1) is 9.97. The predicted molar refractivity (Wildman–Crippen MR) is 80.0 cm³/mol. The average Bonchev–Trinajstić information content (AvgIpc) is 2.46. The fraction of sp³-hybridized carbons (Fsp3) is 0.500. The van der Waals surface area contributed by atoms with E-state index in [0.717, 1.165) is 19.4 Å². The van der Waals surface area contributed by atoms with Crippen molar-refractivity contribution >= 4 is 15.9 Å². The number of carbonyl (C=O) groups excluding carboxylic acids is 1. The number of carbonyl (C=O) groups is 1. The number of benzene rings is 1. The van der Waals surface area contributed by atoms with E-state index in [0.29, 0.717) is 19.5 Å². The summed E-state index contributed by atoms with van der Waals surface area (Å²) in [5.41, 5.74) is 5.14. The Labute approximate surface area is 125 Å². The number of nitrogens with one attached hydrogen (secondary N) is 1. The molecule has 0 bridgehead atoms. The largest absolute Gasteiger partial charge is 0.370 e. The van der Waals surface area contributed by atoms with E-state index in [2.05, 4.69) is 9.62 Å². The van der Waals surface area contributed by atoms with Crippen molar-refractivity contribution in [2.75, 3.05) is 19.6 Å². The second-order valence-electron chi connectivity index (χ2n) is 5.29. The summed E-state index contributed by atoms with van der Waals surface area (Å²) in [6, 6.07) is 8.22. The molecule has 1 fully saturated rings. The summed E-state index contributed by atoms with van der Waals surface area (Å²) in [6.45, 7) is 2.06. The fourth-order valence-electron chi connectivity index (χ4n) is 2.51. The van der Waals surface area contributed by atoms with Gasteiger partial charge in [-0.15, -0.1) is 0 Å². The van der Waals surface area contributed by atoms with E-state index in [1.807, 2.05) is 0 Å². The summed E-state index contributed by atoms with van der Waals surface area (Å²) >= 11 is 0. The number of likely N-dealkylation sites (tertiary alicyclic amines) is 1. The average molecular weight is 311 g/mol. The smallest absolute Gasteiger partial charge is 0.240 e. The minimum atomic E-state index is -3.48.